The highest BCUT2D eigenvalue weighted by Gasteiger charge is 2.20. The Morgan fingerprint density at radius 2 is 2.60 bits per heavy atom. The molecular formula is C10H14N2O2S. The van der Waals surface area contributed by atoms with E-state index in [1.54, 1.807) is 6.20 Å². The zero-order valence-corrected chi connectivity index (χ0v) is 9.24. The number of hydrogen-bond acceptors (Lipinski definition) is 3. The van der Waals surface area contributed by atoms with Crippen LogP contribution >= 0.6 is 11.8 Å². The molecule has 0 amide bonds. The first kappa shape index (κ1) is 10.5. The number of rotatable bonds is 4. The van der Waals surface area contributed by atoms with Gasteiger partial charge < -0.3 is 5.11 Å². The van der Waals surface area contributed by atoms with Crippen molar-refractivity contribution in [3.8, 4) is 0 Å². The summed E-state index contributed by atoms with van der Waals surface area (Å²) in [6.07, 6.45) is 3.68. The van der Waals surface area contributed by atoms with Crippen molar-refractivity contribution >= 4 is 17.7 Å². The minimum Gasteiger partial charge on any atom is -0.481 e. The van der Waals surface area contributed by atoms with Crippen LogP contribution in [0.15, 0.2) is 12.3 Å². The molecule has 2 rings (SSSR count). The van der Waals surface area contributed by atoms with E-state index < -0.39 is 5.97 Å². The molecule has 4 nitrogen and oxygen atoms in total. The Hall–Kier alpha value is -0.970. The standard InChI is InChI=1S/C10H14N2O2S/c13-10(14)2-1-8-3-5-11-12(8)9-4-6-15-7-9/h3,5,9H,1-2,4,6-7H2,(H,13,14). The number of nitrogens with zero attached hydrogens (tertiary/aromatic N) is 2. The summed E-state index contributed by atoms with van der Waals surface area (Å²) >= 11 is 1.94. The average Bonchev–Trinajstić information content (AvgIpc) is 2.85. The normalized spacial score (nSPS) is 20.7. The van der Waals surface area contributed by atoms with E-state index in [9.17, 15) is 4.79 Å². The van der Waals surface area contributed by atoms with Crippen LogP contribution < -0.4 is 0 Å². The molecule has 82 valence electrons. The average molecular weight is 226 g/mol. The molecule has 5 heteroatoms. The van der Waals surface area contributed by atoms with Crippen molar-refractivity contribution in [2.75, 3.05) is 11.5 Å². The summed E-state index contributed by atoms with van der Waals surface area (Å²) in [7, 11) is 0. The van der Waals surface area contributed by atoms with Gasteiger partial charge in [0.1, 0.15) is 0 Å². The summed E-state index contributed by atoms with van der Waals surface area (Å²) in [6, 6.07) is 2.39. The highest BCUT2D eigenvalue weighted by Crippen LogP contribution is 2.28. The van der Waals surface area contributed by atoms with Gasteiger partial charge in [-0.3, -0.25) is 9.48 Å². The first-order valence-corrected chi connectivity index (χ1v) is 6.25. The molecular weight excluding hydrogens is 212 g/mol. The molecule has 1 fully saturated rings. The quantitative estimate of drug-likeness (QED) is 0.847. The number of hydrogen-bond donors (Lipinski definition) is 1. The van der Waals surface area contributed by atoms with Crippen molar-refractivity contribution in [2.45, 2.75) is 25.3 Å². The summed E-state index contributed by atoms with van der Waals surface area (Å²) in [5.74, 6) is 1.54. The summed E-state index contributed by atoms with van der Waals surface area (Å²) in [5.41, 5.74) is 1.05. The van der Waals surface area contributed by atoms with E-state index in [2.05, 4.69) is 5.10 Å². The van der Waals surface area contributed by atoms with Gasteiger partial charge in [-0.15, -0.1) is 0 Å². The molecule has 1 N–H and O–H groups in total. The van der Waals surface area contributed by atoms with Crippen LogP contribution in [-0.4, -0.2) is 32.4 Å². The van der Waals surface area contributed by atoms with Crippen molar-refractivity contribution in [3.63, 3.8) is 0 Å². The Morgan fingerprint density at radius 3 is 3.27 bits per heavy atom. The molecule has 15 heavy (non-hydrogen) atoms. The molecule has 0 aliphatic carbocycles. The van der Waals surface area contributed by atoms with Gasteiger partial charge in [0.05, 0.1) is 12.5 Å². The lowest BCUT2D eigenvalue weighted by Gasteiger charge is -2.12. The van der Waals surface area contributed by atoms with Gasteiger partial charge >= 0.3 is 5.97 Å². The third kappa shape index (κ3) is 2.53. The zero-order chi connectivity index (χ0) is 10.7. The Labute approximate surface area is 92.7 Å². The predicted octanol–water partition coefficient (Wildman–Crippen LogP) is 1.58. The van der Waals surface area contributed by atoms with Crippen LogP contribution in [0.4, 0.5) is 0 Å². The second-order valence-electron chi connectivity index (χ2n) is 3.68. The first-order chi connectivity index (χ1) is 7.27. The maximum atomic E-state index is 10.5. The van der Waals surface area contributed by atoms with Crippen LogP contribution in [0.5, 0.6) is 0 Å². The van der Waals surface area contributed by atoms with Crippen molar-refractivity contribution in [2.24, 2.45) is 0 Å². The SMILES string of the molecule is O=C(O)CCc1ccnn1C1CCSC1. The molecule has 1 saturated heterocycles. The molecule has 0 aromatic carbocycles. The predicted molar refractivity (Wildman–Crippen MR) is 59.2 cm³/mol. The lowest BCUT2D eigenvalue weighted by molar-refractivity contribution is -0.137. The second kappa shape index (κ2) is 4.70. The molecule has 1 aliphatic rings. The molecule has 0 spiro atoms. The lowest BCUT2D eigenvalue weighted by atomic mass is 10.2. The number of aromatic nitrogens is 2. The smallest absolute Gasteiger partial charge is 0.303 e. The van der Waals surface area contributed by atoms with E-state index in [1.807, 2.05) is 22.5 Å². The molecule has 2 heterocycles. The summed E-state index contributed by atoms with van der Waals surface area (Å²) in [6.45, 7) is 0. The number of carbonyl (C=O) groups is 1. The fourth-order valence-electron chi connectivity index (χ4n) is 1.82. The van der Waals surface area contributed by atoms with Crippen LogP contribution in [0.2, 0.25) is 0 Å². The summed E-state index contributed by atoms with van der Waals surface area (Å²) in [4.78, 5) is 10.5. The van der Waals surface area contributed by atoms with Crippen LogP contribution in [0.3, 0.4) is 0 Å². The molecule has 1 unspecified atom stereocenters. The second-order valence-corrected chi connectivity index (χ2v) is 4.83. The van der Waals surface area contributed by atoms with Gasteiger partial charge in [0.25, 0.3) is 0 Å². The lowest BCUT2D eigenvalue weighted by Crippen LogP contribution is -2.13. The molecule has 0 bridgehead atoms. The molecule has 1 aliphatic heterocycles. The van der Waals surface area contributed by atoms with Gasteiger partial charge in [0.2, 0.25) is 0 Å². The summed E-state index contributed by atoms with van der Waals surface area (Å²) < 4.78 is 2.00. The van der Waals surface area contributed by atoms with Crippen molar-refractivity contribution in [1.82, 2.24) is 9.78 Å². The fourth-order valence-corrected chi connectivity index (χ4v) is 3.00. The van der Waals surface area contributed by atoms with E-state index in [1.165, 1.54) is 5.75 Å². The molecule has 1 aromatic rings. The van der Waals surface area contributed by atoms with Gasteiger partial charge in [-0.2, -0.15) is 16.9 Å². The van der Waals surface area contributed by atoms with Crippen molar-refractivity contribution in [1.29, 1.82) is 0 Å². The third-order valence-corrected chi connectivity index (χ3v) is 3.74. The highest BCUT2D eigenvalue weighted by atomic mass is 32.2. The topological polar surface area (TPSA) is 55.1 Å². The van der Waals surface area contributed by atoms with Crippen molar-refractivity contribution < 1.29 is 9.90 Å². The summed E-state index contributed by atoms with van der Waals surface area (Å²) in [5, 5.41) is 12.9. The van der Waals surface area contributed by atoms with Gasteiger partial charge in [-0.05, 0) is 24.7 Å². The molecule has 1 aromatic heterocycles. The van der Waals surface area contributed by atoms with Crippen LogP contribution in [0.1, 0.15) is 24.6 Å². The van der Waals surface area contributed by atoms with E-state index in [0.29, 0.717) is 12.5 Å². The van der Waals surface area contributed by atoms with Crippen LogP contribution in [-0.2, 0) is 11.2 Å². The molecule has 0 saturated carbocycles. The minimum absolute atomic E-state index is 0.186. The van der Waals surface area contributed by atoms with Crippen LogP contribution in [0.25, 0.3) is 0 Å². The van der Waals surface area contributed by atoms with Crippen LogP contribution in [0, 0.1) is 0 Å². The number of aliphatic carboxylic acids is 1. The van der Waals surface area contributed by atoms with E-state index in [0.717, 1.165) is 17.9 Å². The monoisotopic (exact) mass is 226 g/mol. The maximum absolute atomic E-state index is 10.5. The zero-order valence-electron chi connectivity index (χ0n) is 8.43. The molecule has 1 atom stereocenters. The molecule has 0 radical (unpaired) electrons. The number of carboxylic acids is 1. The number of carboxylic acid groups (broad SMARTS) is 1. The van der Waals surface area contributed by atoms with Gasteiger partial charge in [-0.1, -0.05) is 0 Å². The first-order valence-electron chi connectivity index (χ1n) is 5.09. The number of thioether (sulfide) groups is 1. The minimum atomic E-state index is -0.747. The Morgan fingerprint density at radius 1 is 1.73 bits per heavy atom. The highest BCUT2D eigenvalue weighted by molar-refractivity contribution is 7.99. The van der Waals surface area contributed by atoms with Gasteiger partial charge in [-0.25, -0.2) is 0 Å². The fraction of sp³-hybridized carbons (Fsp3) is 0.600. The van der Waals surface area contributed by atoms with E-state index >= 15 is 0 Å². The van der Waals surface area contributed by atoms with E-state index in [-0.39, 0.29) is 6.42 Å². The van der Waals surface area contributed by atoms with E-state index in [4.69, 9.17) is 5.11 Å². The van der Waals surface area contributed by atoms with Gasteiger partial charge in [0, 0.05) is 17.6 Å². The van der Waals surface area contributed by atoms with Gasteiger partial charge in [0.15, 0.2) is 0 Å². The largest absolute Gasteiger partial charge is 0.481 e. The maximum Gasteiger partial charge on any atom is 0.303 e. The number of aryl methyl sites for hydroxylation is 1. The Bertz CT molecular complexity index is 345. The Kier molecular flexibility index (Phi) is 3.30. The Balaban J connectivity index is 2.04. The van der Waals surface area contributed by atoms with Crippen molar-refractivity contribution in [3.05, 3.63) is 18.0 Å². The third-order valence-electron chi connectivity index (χ3n) is 2.60.